The van der Waals surface area contributed by atoms with E-state index in [0.717, 1.165) is 0 Å². The maximum Gasteiger partial charge on any atom is 0.339 e. The second-order valence-electron chi connectivity index (χ2n) is 3.97. The topological polar surface area (TPSA) is 75.6 Å². The molecular weight excluding hydrogens is 234 g/mol. The van der Waals surface area contributed by atoms with E-state index in [1.54, 1.807) is 31.2 Å². The number of amides is 1. The van der Waals surface area contributed by atoms with E-state index in [4.69, 9.17) is 5.11 Å². The number of rotatable bonds is 5. The molecule has 1 aromatic rings. The van der Waals surface area contributed by atoms with E-state index in [9.17, 15) is 9.59 Å². The molecule has 0 aromatic heterocycles. The maximum atomic E-state index is 11.6. The average molecular weight is 251 g/mol. The molecule has 0 aliphatic carbocycles. The number of methoxy groups -OCH3 is 1. The van der Waals surface area contributed by atoms with Crippen molar-refractivity contribution in [1.29, 1.82) is 0 Å². The van der Waals surface area contributed by atoms with Crippen LogP contribution in [0.25, 0.3) is 0 Å². The summed E-state index contributed by atoms with van der Waals surface area (Å²) in [5.74, 6) is -0.742. The third-order valence-corrected chi connectivity index (χ3v) is 2.40. The van der Waals surface area contributed by atoms with Crippen LogP contribution in [0.5, 0.6) is 0 Å². The van der Waals surface area contributed by atoms with Gasteiger partial charge in [0, 0.05) is 6.42 Å². The molecule has 1 amide bonds. The first-order valence-corrected chi connectivity index (χ1v) is 5.70. The molecule has 0 saturated carbocycles. The Morgan fingerprint density at radius 2 is 2.06 bits per heavy atom. The highest BCUT2D eigenvalue weighted by atomic mass is 16.5. The molecular formula is C13H17NO4. The summed E-state index contributed by atoms with van der Waals surface area (Å²) in [6.45, 7) is 1.62. The van der Waals surface area contributed by atoms with Crippen LogP contribution < -0.4 is 5.32 Å². The van der Waals surface area contributed by atoms with Gasteiger partial charge in [0.15, 0.2) is 0 Å². The van der Waals surface area contributed by atoms with Gasteiger partial charge >= 0.3 is 5.97 Å². The molecule has 0 radical (unpaired) electrons. The van der Waals surface area contributed by atoms with E-state index >= 15 is 0 Å². The van der Waals surface area contributed by atoms with E-state index in [0.29, 0.717) is 17.7 Å². The summed E-state index contributed by atoms with van der Waals surface area (Å²) >= 11 is 0. The smallest absolute Gasteiger partial charge is 0.339 e. The Labute approximate surface area is 106 Å². The van der Waals surface area contributed by atoms with E-state index in [1.807, 2.05) is 0 Å². The largest absolute Gasteiger partial charge is 0.465 e. The van der Waals surface area contributed by atoms with Crippen LogP contribution in [0.15, 0.2) is 24.3 Å². The first kappa shape index (κ1) is 14.2. The Balaban J connectivity index is 2.72. The first-order chi connectivity index (χ1) is 8.54. The quantitative estimate of drug-likeness (QED) is 0.779. The van der Waals surface area contributed by atoms with Crippen molar-refractivity contribution in [3.05, 3.63) is 29.8 Å². The van der Waals surface area contributed by atoms with Crippen molar-refractivity contribution in [3.63, 3.8) is 0 Å². The fraction of sp³-hybridized carbons (Fsp3) is 0.385. The predicted molar refractivity (Wildman–Crippen MR) is 67.3 cm³/mol. The molecule has 1 unspecified atom stereocenters. The number of carbonyl (C=O) groups excluding carboxylic acids is 2. The summed E-state index contributed by atoms with van der Waals surface area (Å²) in [4.78, 5) is 23.1. The zero-order valence-corrected chi connectivity index (χ0v) is 10.5. The Hall–Kier alpha value is -1.88. The molecule has 0 spiro atoms. The van der Waals surface area contributed by atoms with Crippen LogP contribution in [0.1, 0.15) is 30.1 Å². The van der Waals surface area contributed by atoms with Crippen molar-refractivity contribution in [2.75, 3.05) is 12.4 Å². The monoisotopic (exact) mass is 251 g/mol. The van der Waals surface area contributed by atoms with Gasteiger partial charge in [0.2, 0.25) is 5.91 Å². The molecule has 1 atom stereocenters. The highest BCUT2D eigenvalue weighted by molar-refractivity contribution is 6.01. The van der Waals surface area contributed by atoms with E-state index in [-0.39, 0.29) is 12.3 Å². The summed E-state index contributed by atoms with van der Waals surface area (Å²) in [6, 6.07) is 6.62. The fourth-order valence-corrected chi connectivity index (χ4v) is 1.43. The van der Waals surface area contributed by atoms with Crippen LogP contribution in [0.4, 0.5) is 5.69 Å². The van der Waals surface area contributed by atoms with Crippen molar-refractivity contribution in [3.8, 4) is 0 Å². The van der Waals surface area contributed by atoms with Gasteiger partial charge in [-0.2, -0.15) is 0 Å². The molecule has 2 N–H and O–H groups in total. The molecule has 0 fully saturated rings. The molecule has 98 valence electrons. The van der Waals surface area contributed by atoms with Gasteiger partial charge in [-0.1, -0.05) is 12.1 Å². The van der Waals surface area contributed by atoms with Crippen molar-refractivity contribution in [2.45, 2.75) is 25.9 Å². The third-order valence-electron chi connectivity index (χ3n) is 2.40. The van der Waals surface area contributed by atoms with E-state index in [2.05, 4.69) is 10.1 Å². The van der Waals surface area contributed by atoms with Gasteiger partial charge in [0.1, 0.15) is 0 Å². The molecule has 0 saturated heterocycles. The molecule has 0 aliphatic rings. The normalized spacial score (nSPS) is 11.7. The Bertz CT molecular complexity index is 429. The Morgan fingerprint density at radius 3 is 2.67 bits per heavy atom. The zero-order chi connectivity index (χ0) is 13.5. The summed E-state index contributed by atoms with van der Waals surface area (Å²) in [7, 11) is 1.29. The molecule has 1 aromatic carbocycles. The molecule has 0 heterocycles. The molecule has 5 nitrogen and oxygen atoms in total. The lowest BCUT2D eigenvalue weighted by Crippen LogP contribution is -2.16. The molecule has 5 heteroatoms. The minimum atomic E-state index is -0.522. The van der Waals surface area contributed by atoms with Crippen LogP contribution >= 0.6 is 0 Å². The third kappa shape index (κ3) is 4.18. The van der Waals surface area contributed by atoms with Crippen LogP contribution in [0.2, 0.25) is 0 Å². The molecule has 18 heavy (non-hydrogen) atoms. The van der Waals surface area contributed by atoms with Crippen LogP contribution in [-0.2, 0) is 9.53 Å². The second kappa shape index (κ2) is 6.76. The lowest BCUT2D eigenvalue weighted by Gasteiger charge is -2.10. The van der Waals surface area contributed by atoms with E-state index < -0.39 is 12.1 Å². The number of carbonyl (C=O) groups is 2. The second-order valence-corrected chi connectivity index (χ2v) is 3.97. The number of benzene rings is 1. The Morgan fingerprint density at radius 1 is 1.39 bits per heavy atom. The first-order valence-electron chi connectivity index (χ1n) is 5.70. The summed E-state index contributed by atoms with van der Waals surface area (Å²) in [5.41, 5.74) is 0.727. The highest BCUT2D eigenvalue weighted by Gasteiger charge is 2.13. The summed E-state index contributed by atoms with van der Waals surface area (Å²) < 4.78 is 4.63. The van der Waals surface area contributed by atoms with Gasteiger partial charge in [-0.25, -0.2) is 4.79 Å². The number of aliphatic hydroxyl groups excluding tert-OH is 1. The number of anilines is 1. The SMILES string of the molecule is COC(=O)c1ccccc1NC(=O)CCC(C)O. The minimum Gasteiger partial charge on any atom is -0.465 e. The Kier molecular flexibility index (Phi) is 5.32. The van der Waals surface area contributed by atoms with Crippen molar-refractivity contribution >= 4 is 17.6 Å². The minimum absolute atomic E-state index is 0.202. The summed E-state index contributed by atoms with van der Waals surface area (Å²) in [6.07, 6.45) is 0.0611. The van der Waals surface area contributed by atoms with Crippen molar-refractivity contribution in [1.82, 2.24) is 0 Å². The van der Waals surface area contributed by atoms with Gasteiger partial charge in [0.05, 0.1) is 24.5 Å². The van der Waals surface area contributed by atoms with Gasteiger partial charge in [-0.15, -0.1) is 0 Å². The predicted octanol–water partition coefficient (Wildman–Crippen LogP) is 1.57. The van der Waals surface area contributed by atoms with Crippen molar-refractivity contribution in [2.24, 2.45) is 0 Å². The highest BCUT2D eigenvalue weighted by Crippen LogP contribution is 2.16. The standard InChI is InChI=1S/C13H17NO4/c1-9(15)7-8-12(16)14-11-6-4-3-5-10(11)13(17)18-2/h3-6,9,15H,7-8H2,1-2H3,(H,14,16). The number of hydrogen-bond acceptors (Lipinski definition) is 4. The lowest BCUT2D eigenvalue weighted by atomic mass is 10.1. The molecule has 0 aliphatic heterocycles. The van der Waals surface area contributed by atoms with Gasteiger partial charge in [-0.3, -0.25) is 4.79 Å². The van der Waals surface area contributed by atoms with Crippen LogP contribution in [0, 0.1) is 0 Å². The number of aliphatic hydroxyl groups is 1. The number of esters is 1. The fourth-order valence-electron chi connectivity index (χ4n) is 1.43. The maximum absolute atomic E-state index is 11.6. The van der Waals surface area contributed by atoms with Gasteiger partial charge in [0.25, 0.3) is 0 Å². The molecule has 0 bridgehead atoms. The number of para-hydroxylation sites is 1. The average Bonchev–Trinajstić information content (AvgIpc) is 2.36. The van der Waals surface area contributed by atoms with E-state index in [1.165, 1.54) is 7.11 Å². The number of ether oxygens (including phenoxy) is 1. The van der Waals surface area contributed by atoms with Crippen molar-refractivity contribution < 1.29 is 19.4 Å². The number of nitrogens with one attached hydrogen (secondary N) is 1. The number of hydrogen-bond donors (Lipinski definition) is 2. The van der Waals surface area contributed by atoms with Gasteiger partial charge < -0.3 is 15.2 Å². The zero-order valence-electron chi connectivity index (χ0n) is 10.5. The lowest BCUT2D eigenvalue weighted by molar-refractivity contribution is -0.116. The molecule has 1 rings (SSSR count). The van der Waals surface area contributed by atoms with Crippen LogP contribution in [0.3, 0.4) is 0 Å². The summed E-state index contributed by atoms with van der Waals surface area (Å²) in [5, 5.41) is 11.7. The van der Waals surface area contributed by atoms with Gasteiger partial charge in [-0.05, 0) is 25.5 Å². The van der Waals surface area contributed by atoms with Crippen LogP contribution in [-0.4, -0.2) is 30.2 Å².